The summed E-state index contributed by atoms with van der Waals surface area (Å²) in [6, 6.07) is 18.4. The summed E-state index contributed by atoms with van der Waals surface area (Å²) >= 11 is 18.1. The predicted octanol–water partition coefficient (Wildman–Crippen LogP) is 7.22. The van der Waals surface area contributed by atoms with Crippen LogP contribution in [0, 0.1) is 0 Å². The Hall–Kier alpha value is -2.99. The Bertz CT molecular complexity index is 1360. The number of amides is 1. The van der Waals surface area contributed by atoms with Crippen molar-refractivity contribution in [1.82, 2.24) is 0 Å². The number of carbonyl (C=O) groups excluding carboxylic acids is 1. The van der Waals surface area contributed by atoms with Crippen LogP contribution in [0.2, 0.25) is 15.1 Å². The zero-order chi connectivity index (χ0) is 23.5. The Balaban J connectivity index is 1.74. The Kier molecular flexibility index (Phi) is 6.94. The zero-order valence-electron chi connectivity index (χ0n) is 17.4. The first-order chi connectivity index (χ1) is 15.9. The summed E-state index contributed by atoms with van der Waals surface area (Å²) in [6.07, 6.45) is -0.676. The first kappa shape index (κ1) is 23.2. The molecule has 0 aliphatic heterocycles. The molecule has 33 heavy (non-hydrogen) atoms. The van der Waals surface area contributed by atoms with Crippen molar-refractivity contribution in [3.05, 3.63) is 92.0 Å². The number of hydrogen-bond donors (Lipinski definition) is 1. The first-order valence-corrected chi connectivity index (χ1v) is 11.2. The van der Waals surface area contributed by atoms with Gasteiger partial charge in [-0.25, -0.2) is 0 Å². The SMILES string of the molecule is CCC(Oc1c(-c2ccc(Cl)cc2)oc2ccccc2c1=O)C(=O)Nc1cc(Cl)cc(Cl)c1. The number of fused-ring (bicyclic) bond motifs is 1. The molecular weight excluding hydrogens is 485 g/mol. The molecule has 168 valence electrons. The third kappa shape index (κ3) is 5.17. The smallest absolute Gasteiger partial charge is 0.265 e. The van der Waals surface area contributed by atoms with Crippen LogP contribution in [0.5, 0.6) is 5.75 Å². The molecule has 1 heterocycles. The lowest BCUT2D eigenvalue weighted by molar-refractivity contribution is -0.122. The third-order valence-electron chi connectivity index (χ3n) is 4.92. The van der Waals surface area contributed by atoms with Gasteiger partial charge in [0.15, 0.2) is 11.9 Å². The number of hydrogen-bond acceptors (Lipinski definition) is 4. The molecule has 3 aromatic carbocycles. The highest BCUT2D eigenvalue weighted by molar-refractivity contribution is 6.35. The fourth-order valence-corrected chi connectivity index (χ4v) is 3.99. The van der Waals surface area contributed by atoms with E-state index in [2.05, 4.69) is 5.32 Å². The molecule has 8 heteroatoms. The van der Waals surface area contributed by atoms with Gasteiger partial charge in [0.25, 0.3) is 5.91 Å². The second-order valence-electron chi connectivity index (χ2n) is 7.25. The molecule has 1 unspecified atom stereocenters. The first-order valence-electron chi connectivity index (χ1n) is 10.1. The van der Waals surface area contributed by atoms with Gasteiger partial charge in [-0.05, 0) is 61.0 Å². The van der Waals surface area contributed by atoms with Gasteiger partial charge < -0.3 is 14.5 Å². The molecule has 1 N–H and O–H groups in total. The largest absolute Gasteiger partial charge is 0.473 e. The van der Waals surface area contributed by atoms with Crippen molar-refractivity contribution < 1.29 is 13.9 Å². The molecule has 0 spiro atoms. The van der Waals surface area contributed by atoms with E-state index in [4.69, 9.17) is 44.0 Å². The summed E-state index contributed by atoms with van der Waals surface area (Å²) in [7, 11) is 0. The number of benzene rings is 3. The fourth-order valence-electron chi connectivity index (χ4n) is 3.34. The van der Waals surface area contributed by atoms with Gasteiger partial charge in [0.2, 0.25) is 11.2 Å². The molecule has 0 aliphatic rings. The van der Waals surface area contributed by atoms with Crippen molar-refractivity contribution in [3.8, 4) is 17.1 Å². The van der Waals surface area contributed by atoms with Crippen LogP contribution in [0.25, 0.3) is 22.3 Å². The number of rotatable bonds is 6. The maximum Gasteiger partial charge on any atom is 0.265 e. The van der Waals surface area contributed by atoms with Gasteiger partial charge in [0.05, 0.1) is 5.39 Å². The maximum atomic E-state index is 13.3. The molecule has 1 amide bonds. The van der Waals surface area contributed by atoms with Crippen LogP contribution in [0.3, 0.4) is 0 Å². The third-order valence-corrected chi connectivity index (χ3v) is 5.60. The summed E-state index contributed by atoms with van der Waals surface area (Å²) in [5.41, 5.74) is 1.04. The number of ether oxygens (including phenoxy) is 1. The summed E-state index contributed by atoms with van der Waals surface area (Å²) in [4.78, 5) is 26.3. The summed E-state index contributed by atoms with van der Waals surface area (Å²) in [6.45, 7) is 1.78. The molecule has 0 saturated carbocycles. The molecule has 0 radical (unpaired) electrons. The van der Waals surface area contributed by atoms with Crippen LogP contribution < -0.4 is 15.5 Å². The molecular formula is C25H18Cl3NO4. The van der Waals surface area contributed by atoms with Crippen LogP contribution >= 0.6 is 34.8 Å². The van der Waals surface area contributed by atoms with E-state index in [1.807, 2.05) is 0 Å². The van der Waals surface area contributed by atoms with Crippen molar-refractivity contribution >= 4 is 57.4 Å². The average Bonchev–Trinajstić information content (AvgIpc) is 2.78. The zero-order valence-corrected chi connectivity index (χ0v) is 19.7. The lowest BCUT2D eigenvalue weighted by Crippen LogP contribution is -2.34. The topological polar surface area (TPSA) is 68.5 Å². The molecule has 0 fully saturated rings. The lowest BCUT2D eigenvalue weighted by Gasteiger charge is -2.19. The highest BCUT2D eigenvalue weighted by atomic mass is 35.5. The van der Waals surface area contributed by atoms with Gasteiger partial charge in [0, 0.05) is 26.3 Å². The minimum absolute atomic E-state index is 0.0536. The van der Waals surface area contributed by atoms with E-state index in [-0.39, 0.29) is 16.9 Å². The van der Waals surface area contributed by atoms with E-state index >= 15 is 0 Å². The summed E-state index contributed by atoms with van der Waals surface area (Å²) in [5.74, 6) is -0.292. The van der Waals surface area contributed by atoms with E-state index in [0.29, 0.717) is 43.7 Å². The number of nitrogens with one attached hydrogen (secondary N) is 1. The van der Waals surface area contributed by atoms with E-state index in [1.165, 1.54) is 0 Å². The number of halogens is 3. The van der Waals surface area contributed by atoms with Crippen molar-refractivity contribution in [1.29, 1.82) is 0 Å². The Morgan fingerprint density at radius 1 is 0.970 bits per heavy atom. The van der Waals surface area contributed by atoms with Crippen LogP contribution in [-0.4, -0.2) is 12.0 Å². The van der Waals surface area contributed by atoms with Crippen molar-refractivity contribution in [3.63, 3.8) is 0 Å². The van der Waals surface area contributed by atoms with Gasteiger partial charge in [0.1, 0.15) is 5.58 Å². The molecule has 0 bridgehead atoms. The monoisotopic (exact) mass is 501 g/mol. The number of anilines is 1. The molecule has 5 nitrogen and oxygen atoms in total. The van der Waals surface area contributed by atoms with Crippen LogP contribution in [0.4, 0.5) is 5.69 Å². The molecule has 1 aromatic heterocycles. The molecule has 0 aliphatic carbocycles. The lowest BCUT2D eigenvalue weighted by atomic mass is 10.1. The van der Waals surface area contributed by atoms with E-state index in [1.54, 1.807) is 73.7 Å². The van der Waals surface area contributed by atoms with Crippen molar-refractivity contribution in [2.75, 3.05) is 5.32 Å². The van der Waals surface area contributed by atoms with Gasteiger partial charge in [-0.3, -0.25) is 9.59 Å². The van der Waals surface area contributed by atoms with Crippen LogP contribution in [0.15, 0.2) is 75.9 Å². The minimum Gasteiger partial charge on any atom is -0.473 e. The maximum absolute atomic E-state index is 13.3. The van der Waals surface area contributed by atoms with Gasteiger partial charge >= 0.3 is 0 Å². The van der Waals surface area contributed by atoms with E-state index in [0.717, 1.165) is 0 Å². The van der Waals surface area contributed by atoms with E-state index in [9.17, 15) is 9.59 Å². The predicted molar refractivity (Wildman–Crippen MR) is 133 cm³/mol. The molecule has 4 aromatic rings. The number of para-hydroxylation sites is 1. The summed E-state index contributed by atoms with van der Waals surface area (Å²) < 4.78 is 12.0. The standard InChI is InChI=1S/C25H18Cl3NO4/c1-2-20(25(31)29-18-12-16(27)11-17(28)13-18)32-24-22(30)19-5-3-4-6-21(19)33-23(24)14-7-9-15(26)10-8-14/h3-13,20H,2H2,1H3,(H,29,31). The molecule has 4 rings (SSSR count). The van der Waals surface area contributed by atoms with Crippen LogP contribution in [0.1, 0.15) is 13.3 Å². The normalized spacial score (nSPS) is 11.9. The van der Waals surface area contributed by atoms with Crippen LogP contribution in [-0.2, 0) is 4.79 Å². The second-order valence-corrected chi connectivity index (χ2v) is 8.56. The fraction of sp³-hybridized carbons (Fsp3) is 0.120. The summed E-state index contributed by atoms with van der Waals surface area (Å²) in [5, 5.41) is 4.38. The quantitative estimate of drug-likeness (QED) is 0.302. The van der Waals surface area contributed by atoms with Gasteiger partial charge in [-0.1, -0.05) is 53.9 Å². The highest BCUT2D eigenvalue weighted by Crippen LogP contribution is 2.32. The average molecular weight is 503 g/mol. The van der Waals surface area contributed by atoms with Gasteiger partial charge in [-0.2, -0.15) is 0 Å². The van der Waals surface area contributed by atoms with Gasteiger partial charge in [-0.15, -0.1) is 0 Å². The Morgan fingerprint density at radius 3 is 2.30 bits per heavy atom. The Labute approximate surface area is 204 Å². The second kappa shape index (κ2) is 9.87. The number of carbonyl (C=O) groups is 1. The van der Waals surface area contributed by atoms with Crippen molar-refractivity contribution in [2.24, 2.45) is 0 Å². The minimum atomic E-state index is -0.974. The molecule has 1 atom stereocenters. The molecule has 0 saturated heterocycles. The Morgan fingerprint density at radius 2 is 1.64 bits per heavy atom. The van der Waals surface area contributed by atoms with E-state index < -0.39 is 12.0 Å². The highest BCUT2D eigenvalue weighted by Gasteiger charge is 2.25. The van der Waals surface area contributed by atoms with Crippen molar-refractivity contribution in [2.45, 2.75) is 19.4 Å².